The van der Waals surface area contributed by atoms with Gasteiger partial charge in [-0.15, -0.1) is 0 Å². The van der Waals surface area contributed by atoms with E-state index in [9.17, 15) is 27.9 Å². The van der Waals surface area contributed by atoms with Crippen LogP contribution < -0.4 is 25.8 Å². The van der Waals surface area contributed by atoms with Gasteiger partial charge in [-0.05, 0) is 63.4 Å². The first-order chi connectivity index (χ1) is 19.2. The van der Waals surface area contributed by atoms with E-state index in [1.807, 2.05) is 6.07 Å². The van der Waals surface area contributed by atoms with Crippen molar-refractivity contribution in [2.45, 2.75) is 62.6 Å². The van der Waals surface area contributed by atoms with Crippen LogP contribution in [0.3, 0.4) is 0 Å². The van der Waals surface area contributed by atoms with E-state index in [0.717, 1.165) is 5.56 Å². The van der Waals surface area contributed by atoms with Gasteiger partial charge in [0, 0.05) is 13.0 Å². The zero-order chi connectivity index (χ0) is 30.6. The molecule has 0 radical (unpaired) electrons. The Morgan fingerprint density at radius 2 is 1.61 bits per heavy atom. The number of carboxylic acid groups (broad SMARTS) is 1. The van der Waals surface area contributed by atoms with Gasteiger partial charge in [0.05, 0.1) is 12.0 Å². The van der Waals surface area contributed by atoms with Crippen molar-refractivity contribution in [1.29, 1.82) is 0 Å². The van der Waals surface area contributed by atoms with Crippen LogP contribution in [0.2, 0.25) is 0 Å². The fourth-order valence-electron chi connectivity index (χ4n) is 3.51. The summed E-state index contributed by atoms with van der Waals surface area (Å²) in [5, 5.41) is 14.4. The molecule has 2 aromatic carbocycles. The number of carboxylic acids is 1. The van der Waals surface area contributed by atoms with Crippen LogP contribution in [0.4, 0.5) is 4.79 Å². The van der Waals surface area contributed by atoms with Gasteiger partial charge in [-0.3, -0.25) is 4.99 Å². The predicted octanol–water partition coefficient (Wildman–Crippen LogP) is 1.77. The normalized spacial score (nSPS) is 13.4. The third kappa shape index (κ3) is 11.7. The highest BCUT2D eigenvalue weighted by Crippen LogP contribution is 2.15. The summed E-state index contributed by atoms with van der Waals surface area (Å²) in [7, 11) is -2.52. The van der Waals surface area contributed by atoms with Crippen LogP contribution in [-0.4, -0.2) is 68.8 Å². The maximum absolute atomic E-state index is 12.7. The molecule has 0 bridgehead atoms. The largest absolute Gasteiger partial charge is 0.497 e. The summed E-state index contributed by atoms with van der Waals surface area (Å²) in [5.41, 5.74) is 5.68. The predicted molar refractivity (Wildman–Crippen MR) is 152 cm³/mol. The smallest absolute Gasteiger partial charge is 0.329 e. The number of ether oxygens (including phenoxy) is 2. The number of hydrogen-bond acceptors (Lipinski definition) is 8. The van der Waals surface area contributed by atoms with Crippen molar-refractivity contribution in [3.05, 3.63) is 60.2 Å². The summed E-state index contributed by atoms with van der Waals surface area (Å²) >= 11 is 0. The van der Waals surface area contributed by atoms with Crippen molar-refractivity contribution in [1.82, 2.24) is 15.4 Å². The Bertz CT molecular complexity index is 1310. The molecule has 14 heteroatoms. The maximum Gasteiger partial charge on any atom is 0.329 e. The number of carbonyl (C=O) groups is 3. The molecule has 0 saturated heterocycles. The van der Waals surface area contributed by atoms with Crippen molar-refractivity contribution in [3.63, 3.8) is 0 Å². The van der Waals surface area contributed by atoms with Crippen LogP contribution in [0.1, 0.15) is 39.2 Å². The highest BCUT2D eigenvalue weighted by Gasteiger charge is 2.28. The third-order valence-corrected chi connectivity index (χ3v) is 6.80. The molecule has 224 valence electrons. The molecule has 2 atom stereocenters. The second-order valence-corrected chi connectivity index (χ2v) is 11.7. The standard InChI is InChI=1S/C27H37N5O8S/c1-27(2,3)40-24(35)22(17-18-9-6-5-7-10-18)31-26(36)30-21(23(33)34)11-8-16-29-25(28)32-41(37,38)20-14-12-19(39-4)13-15-20/h5-7,9-10,12-15,21-22H,8,11,16-17H2,1-4H3,(H,33,34)(H3,28,29,32)(H2,30,31,36)/t21-,22-/m0/s1. The highest BCUT2D eigenvalue weighted by atomic mass is 32.2. The molecule has 0 aliphatic heterocycles. The minimum Gasteiger partial charge on any atom is -0.497 e. The molecule has 0 aromatic heterocycles. The monoisotopic (exact) mass is 591 g/mol. The summed E-state index contributed by atoms with van der Waals surface area (Å²) in [4.78, 5) is 41.1. The zero-order valence-electron chi connectivity index (χ0n) is 23.4. The Balaban J connectivity index is 1.95. The fourth-order valence-corrected chi connectivity index (χ4v) is 4.46. The van der Waals surface area contributed by atoms with Crippen molar-refractivity contribution in [2.24, 2.45) is 10.7 Å². The number of benzene rings is 2. The van der Waals surface area contributed by atoms with E-state index in [1.165, 1.54) is 31.4 Å². The van der Waals surface area contributed by atoms with Gasteiger partial charge in [0.15, 0.2) is 0 Å². The quantitative estimate of drug-likeness (QED) is 0.0997. The first-order valence-electron chi connectivity index (χ1n) is 12.7. The summed E-state index contributed by atoms with van der Waals surface area (Å²) in [6.45, 7) is 5.08. The van der Waals surface area contributed by atoms with Crippen LogP contribution >= 0.6 is 0 Å². The Morgan fingerprint density at radius 1 is 1.00 bits per heavy atom. The first kappa shape index (κ1) is 32.9. The lowest BCUT2D eigenvalue weighted by atomic mass is 10.1. The first-order valence-corrected chi connectivity index (χ1v) is 14.2. The molecule has 41 heavy (non-hydrogen) atoms. The van der Waals surface area contributed by atoms with Gasteiger partial charge in [-0.1, -0.05) is 30.3 Å². The molecule has 0 aliphatic rings. The number of sulfonamides is 1. The number of hydrogen-bond donors (Lipinski definition) is 5. The zero-order valence-corrected chi connectivity index (χ0v) is 24.2. The van der Waals surface area contributed by atoms with Crippen molar-refractivity contribution >= 4 is 34.0 Å². The lowest BCUT2D eigenvalue weighted by Gasteiger charge is -2.25. The fraction of sp³-hybridized carbons (Fsp3) is 0.407. The maximum atomic E-state index is 12.7. The van der Waals surface area contributed by atoms with Crippen LogP contribution in [0.15, 0.2) is 64.5 Å². The topological polar surface area (TPSA) is 199 Å². The number of methoxy groups -OCH3 is 1. The molecule has 0 unspecified atom stereocenters. The van der Waals surface area contributed by atoms with E-state index in [-0.39, 0.29) is 36.7 Å². The lowest BCUT2D eigenvalue weighted by molar-refractivity contribution is -0.157. The number of rotatable bonds is 13. The number of nitrogens with zero attached hydrogens (tertiary/aromatic N) is 1. The average Bonchev–Trinajstić information content (AvgIpc) is 2.89. The number of esters is 1. The Hall–Kier alpha value is -4.33. The molecule has 0 heterocycles. The Morgan fingerprint density at radius 3 is 2.17 bits per heavy atom. The van der Waals surface area contributed by atoms with Crippen molar-refractivity contribution < 1.29 is 37.4 Å². The van der Waals surface area contributed by atoms with Crippen LogP contribution in [0.25, 0.3) is 0 Å². The van der Waals surface area contributed by atoms with Crippen LogP contribution in [0, 0.1) is 0 Å². The molecule has 2 amide bonds. The van der Waals surface area contributed by atoms with Gasteiger partial charge >= 0.3 is 18.0 Å². The summed E-state index contributed by atoms with van der Waals surface area (Å²) < 4.78 is 37.5. The minimum atomic E-state index is -3.98. The second kappa shape index (κ2) is 14.9. The van der Waals surface area contributed by atoms with Crippen molar-refractivity contribution in [3.8, 4) is 5.75 Å². The van der Waals surface area contributed by atoms with Gasteiger partial charge in [0.1, 0.15) is 23.4 Å². The molecule has 2 aromatic rings. The van der Waals surface area contributed by atoms with E-state index in [1.54, 1.807) is 45.0 Å². The SMILES string of the molecule is COc1ccc(S(=O)(=O)NC(N)=NCCC[C@H](NC(=O)N[C@@H](Cc2ccccc2)C(=O)OC(C)(C)C)C(=O)O)cc1. The van der Waals surface area contributed by atoms with Crippen LogP contribution in [-0.2, 0) is 30.8 Å². The lowest BCUT2D eigenvalue weighted by Crippen LogP contribution is -2.52. The second-order valence-electron chi connectivity index (χ2n) is 9.97. The molecule has 13 nitrogen and oxygen atoms in total. The van der Waals surface area contributed by atoms with Crippen LogP contribution in [0.5, 0.6) is 5.75 Å². The number of nitrogens with two attached hydrogens (primary N) is 1. The third-order valence-electron chi connectivity index (χ3n) is 5.42. The van der Waals surface area contributed by atoms with E-state index >= 15 is 0 Å². The summed E-state index contributed by atoms with van der Waals surface area (Å²) in [5.74, 6) is -1.85. The number of urea groups is 1. The average molecular weight is 592 g/mol. The molecule has 6 N–H and O–H groups in total. The molecule has 2 rings (SSSR count). The Kier molecular flexibility index (Phi) is 11.9. The molecular weight excluding hydrogens is 554 g/mol. The van der Waals surface area contributed by atoms with Gasteiger partial charge in [0.2, 0.25) is 5.96 Å². The molecule has 0 spiro atoms. The summed E-state index contributed by atoms with van der Waals surface area (Å²) in [6, 6.07) is 11.4. The number of amides is 2. The number of aliphatic carboxylic acids is 1. The van der Waals surface area contributed by atoms with Gasteiger partial charge in [-0.25, -0.2) is 27.5 Å². The summed E-state index contributed by atoms with van der Waals surface area (Å²) in [6.07, 6.45) is 0.254. The molecule has 0 fully saturated rings. The van der Waals surface area contributed by atoms with Gasteiger partial charge in [-0.2, -0.15) is 0 Å². The van der Waals surface area contributed by atoms with E-state index in [0.29, 0.717) is 5.75 Å². The number of nitrogens with one attached hydrogen (secondary N) is 3. The molecular formula is C27H37N5O8S. The number of aliphatic imine (C=N–C) groups is 1. The Labute approximate surface area is 239 Å². The highest BCUT2D eigenvalue weighted by molar-refractivity contribution is 7.90. The van der Waals surface area contributed by atoms with Gasteiger partial charge < -0.3 is 30.9 Å². The van der Waals surface area contributed by atoms with E-state index < -0.39 is 45.7 Å². The van der Waals surface area contributed by atoms with Crippen molar-refractivity contribution in [2.75, 3.05) is 13.7 Å². The number of guanidine groups is 1. The minimum absolute atomic E-state index is 0.0153. The van der Waals surface area contributed by atoms with E-state index in [4.69, 9.17) is 15.2 Å². The molecule has 0 saturated carbocycles. The molecule has 0 aliphatic carbocycles. The van der Waals surface area contributed by atoms with Gasteiger partial charge in [0.25, 0.3) is 10.0 Å². The number of carbonyl (C=O) groups excluding carboxylic acids is 2. The van der Waals surface area contributed by atoms with E-state index in [2.05, 4.69) is 20.3 Å².